The fourth-order valence-electron chi connectivity index (χ4n) is 1.15. The Hall–Kier alpha value is -1.13. The summed E-state index contributed by atoms with van der Waals surface area (Å²) in [5, 5.41) is 10.6. The van der Waals surface area contributed by atoms with Crippen LogP contribution in [0, 0.1) is 5.41 Å². The van der Waals surface area contributed by atoms with Crippen molar-refractivity contribution < 1.29 is 0 Å². The van der Waals surface area contributed by atoms with Gasteiger partial charge >= 0.3 is 0 Å². The summed E-state index contributed by atoms with van der Waals surface area (Å²) in [6.45, 7) is 0. The molecule has 0 spiro atoms. The number of nitrogen functional groups attached to an aromatic ring is 1. The molecule has 0 aliphatic heterocycles. The molecular weight excluding hydrogens is 206 g/mol. The summed E-state index contributed by atoms with van der Waals surface area (Å²) in [7, 11) is 0. The van der Waals surface area contributed by atoms with E-state index in [9.17, 15) is 0 Å². The fraction of sp³-hybridized carbons (Fsp3) is 0. The van der Waals surface area contributed by atoms with E-state index < -0.39 is 0 Å². The number of fused-ring (bicyclic) bond motifs is 1. The van der Waals surface area contributed by atoms with Crippen molar-refractivity contribution in [1.29, 1.82) is 5.41 Å². The van der Waals surface area contributed by atoms with E-state index in [1.54, 1.807) is 0 Å². The van der Waals surface area contributed by atoms with E-state index >= 15 is 0 Å². The van der Waals surface area contributed by atoms with E-state index in [1.165, 1.54) is 17.5 Å². The Bertz CT molecular complexity index is 477. The zero-order chi connectivity index (χ0) is 9.42. The molecule has 0 saturated heterocycles. The summed E-state index contributed by atoms with van der Waals surface area (Å²) < 4.78 is 0.884. The van der Waals surface area contributed by atoms with Crippen LogP contribution in [0.1, 0.15) is 5.56 Å². The Morgan fingerprint density at radius 3 is 3.08 bits per heavy atom. The number of thiophene rings is 1. The van der Waals surface area contributed by atoms with Gasteiger partial charge in [-0.05, 0) is 11.4 Å². The number of aromatic nitrogens is 1. The van der Waals surface area contributed by atoms with Gasteiger partial charge in [0.15, 0.2) is 0 Å². The number of pyridine rings is 1. The summed E-state index contributed by atoms with van der Waals surface area (Å²) in [6, 6.07) is 1.89. The number of hydrogen-bond donors (Lipinski definition) is 2. The predicted molar refractivity (Wildman–Crippen MR) is 55.6 cm³/mol. The molecule has 0 unspecified atom stereocenters. The quantitative estimate of drug-likeness (QED) is 0.432. The lowest BCUT2D eigenvalue weighted by atomic mass is 10.2. The summed E-state index contributed by atoms with van der Waals surface area (Å²) >= 11 is 7.36. The standard InChI is InChI=1S/C8H6ClN3S/c9-7-6-4(1-2-13-6)5(3-12-7)8(10)11/h1-3H,(H3,10,11). The van der Waals surface area contributed by atoms with Crippen LogP contribution in [0.2, 0.25) is 5.15 Å². The number of nitrogens with two attached hydrogens (primary N) is 1. The minimum atomic E-state index is 0.0209. The molecule has 0 aliphatic rings. The third-order valence-electron chi connectivity index (χ3n) is 1.74. The molecule has 0 fully saturated rings. The molecule has 0 radical (unpaired) electrons. The van der Waals surface area contributed by atoms with Crippen LogP contribution in [0.5, 0.6) is 0 Å². The molecule has 0 amide bonds. The van der Waals surface area contributed by atoms with Gasteiger partial charge in [0.25, 0.3) is 0 Å². The van der Waals surface area contributed by atoms with Crippen LogP contribution in [0.15, 0.2) is 17.6 Å². The molecular formula is C8H6ClN3S. The molecule has 5 heteroatoms. The maximum atomic E-state index is 7.33. The van der Waals surface area contributed by atoms with Gasteiger partial charge in [-0.3, -0.25) is 5.41 Å². The second kappa shape index (κ2) is 2.97. The smallest absolute Gasteiger partial charge is 0.146 e. The molecule has 13 heavy (non-hydrogen) atoms. The lowest BCUT2D eigenvalue weighted by Gasteiger charge is -2.00. The van der Waals surface area contributed by atoms with Gasteiger partial charge in [0, 0.05) is 17.1 Å². The highest BCUT2D eigenvalue weighted by atomic mass is 35.5. The van der Waals surface area contributed by atoms with Crippen LogP contribution in [-0.4, -0.2) is 10.8 Å². The molecule has 2 aromatic rings. The lowest BCUT2D eigenvalue weighted by molar-refractivity contribution is 1.34. The molecule has 0 saturated carbocycles. The van der Waals surface area contributed by atoms with Crippen molar-refractivity contribution in [2.75, 3.05) is 0 Å². The van der Waals surface area contributed by atoms with Gasteiger partial charge in [-0.15, -0.1) is 11.3 Å². The van der Waals surface area contributed by atoms with E-state index in [-0.39, 0.29) is 5.84 Å². The summed E-state index contributed by atoms with van der Waals surface area (Å²) in [5.41, 5.74) is 6.03. The largest absolute Gasteiger partial charge is 0.384 e. The third-order valence-corrected chi connectivity index (χ3v) is 3.06. The van der Waals surface area contributed by atoms with Crippen molar-refractivity contribution in [3.05, 3.63) is 28.4 Å². The molecule has 0 aliphatic carbocycles. The molecule has 0 bridgehead atoms. The highest BCUT2D eigenvalue weighted by molar-refractivity contribution is 7.17. The highest BCUT2D eigenvalue weighted by Gasteiger charge is 2.08. The van der Waals surface area contributed by atoms with Gasteiger partial charge in [0.05, 0.1) is 4.70 Å². The second-order valence-corrected chi connectivity index (χ2v) is 3.81. The first-order valence-corrected chi connectivity index (χ1v) is 4.82. The molecule has 3 nitrogen and oxygen atoms in total. The SMILES string of the molecule is N=C(N)c1cnc(Cl)c2sccc12. The van der Waals surface area contributed by atoms with Gasteiger partial charge in [-0.2, -0.15) is 0 Å². The normalized spacial score (nSPS) is 10.5. The topological polar surface area (TPSA) is 62.8 Å². The van der Waals surface area contributed by atoms with Crippen LogP contribution in [0.3, 0.4) is 0 Å². The van der Waals surface area contributed by atoms with Gasteiger partial charge in [-0.25, -0.2) is 4.98 Å². The van der Waals surface area contributed by atoms with E-state index in [2.05, 4.69) is 4.98 Å². The van der Waals surface area contributed by atoms with Crippen LogP contribution in [-0.2, 0) is 0 Å². The summed E-state index contributed by atoms with van der Waals surface area (Å²) in [4.78, 5) is 3.96. The van der Waals surface area contributed by atoms with Crippen LogP contribution in [0.25, 0.3) is 10.1 Å². The minimum absolute atomic E-state index is 0.0209. The Morgan fingerprint density at radius 2 is 2.38 bits per heavy atom. The Balaban J connectivity index is 2.86. The maximum Gasteiger partial charge on any atom is 0.146 e. The first-order valence-electron chi connectivity index (χ1n) is 3.56. The number of halogens is 1. The van der Waals surface area contributed by atoms with Crippen molar-refractivity contribution in [2.24, 2.45) is 5.73 Å². The van der Waals surface area contributed by atoms with Crippen molar-refractivity contribution in [1.82, 2.24) is 4.98 Å². The molecule has 2 heterocycles. The molecule has 66 valence electrons. The molecule has 3 N–H and O–H groups in total. The van der Waals surface area contributed by atoms with Gasteiger partial charge < -0.3 is 5.73 Å². The molecule has 2 rings (SSSR count). The Labute approximate surface area is 83.7 Å². The first-order chi connectivity index (χ1) is 6.20. The average molecular weight is 212 g/mol. The number of hydrogen-bond acceptors (Lipinski definition) is 3. The number of amidine groups is 1. The molecule has 2 aromatic heterocycles. The summed E-state index contributed by atoms with van der Waals surface area (Å²) in [6.07, 6.45) is 1.53. The fourth-order valence-corrected chi connectivity index (χ4v) is 2.22. The third kappa shape index (κ3) is 1.28. The average Bonchev–Trinajstić information content (AvgIpc) is 2.53. The van der Waals surface area contributed by atoms with Gasteiger partial charge in [0.2, 0.25) is 0 Å². The first kappa shape index (κ1) is 8.47. The lowest BCUT2D eigenvalue weighted by Crippen LogP contribution is -2.11. The zero-order valence-corrected chi connectivity index (χ0v) is 8.12. The number of nitrogens with zero attached hydrogens (tertiary/aromatic N) is 1. The van der Waals surface area contributed by atoms with Crippen molar-refractivity contribution >= 4 is 38.9 Å². The van der Waals surface area contributed by atoms with Crippen molar-refractivity contribution in [3.8, 4) is 0 Å². The van der Waals surface area contributed by atoms with Crippen molar-refractivity contribution in [3.63, 3.8) is 0 Å². The monoisotopic (exact) mass is 211 g/mol. The van der Waals surface area contributed by atoms with Crippen LogP contribution in [0.4, 0.5) is 0 Å². The zero-order valence-electron chi connectivity index (χ0n) is 6.54. The van der Waals surface area contributed by atoms with E-state index in [1.807, 2.05) is 11.4 Å². The Morgan fingerprint density at radius 1 is 1.62 bits per heavy atom. The minimum Gasteiger partial charge on any atom is -0.384 e. The molecule has 0 aromatic carbocycles. The van der Waals surface area contributed by atoms with Gasteiger partial charge in [0.1, 0.15) is 11.0 Å². The number of nitrogens with one attached hydrogen (secondary N) is 1. The predicted octanol–water partition coefficient (Wildman–Crippen LogP) is 2.23. The summed E-state index contributed by atoms with van der Waals surface area (Å²) in [5.74, 6) is 0.0209. The molecule has 0 atom stereocenters. The van der Waals surface area contributed by atoms with E-state index in [0.29, 0.717) is 10.7 Å². The maximum absolute atomic E-state index is 7.33. The van der Waals surface area contributed by atoms with Gasteiger partial charge in [-0.1, -0.05) is 11.6 Å². The number of rotatable bonds is 1. The highest BCUT2D eigenvalue weighted by Crippen LogP contribution is 2.28. The van der Waals surface area contributed by atoms with E-state index in [0.717, 1.165) is 10.1 Å². The van der Waals surface area contributed by atoms with Crippen LogP contribution < -0.4 is 5.73 Å². The second-order valence-electron chi connectivity index (χ2n) is 2.54. The van der Waals surface area contributed by atoms with Crippen molar-refractivity contribution in [2.45, 2.75) is 0 Å². The van der Waals surface area contributed by atoms with Crippen LogP contribution >= 0.6 is 22.9 Å². The van der Waals surface area contributed by atoms with E-state index in [4.69, 9.17) is 22.7 Å². The Kier molecular flexibility index (Phi) is 1.94.